The Balaban J connectivity index is 2.22. The van der Waals surface area contributed by atoms with Gasteiger partial charge in [0.15, 0.2) is 5.00 Å². The zero-order valence-electron chi connectivity index (χ0n) is 10.6. The molecule has 0 aliphatic rings. The summed E-state index contributed by atoms with van der Waals surface area (Å²) in [5.74, 6) is -1.18. The molecular weight excluding hydrogens is 384 g/mol. The van der Waals surface area contributed by atoms with Gasteiger partial charge in [-0.1, -0.05) is 16.1 Å². The Bertz CT molecular complexity index is 694. The van der Waals surface area contributed by atoms with Gasteiger partial charge in [-0.2, -0.15) is 0 Å². The van der Waals surface area contributed by atoms with Crippen molar-refractivity contribution in [2.24, 2.45) is 0 Å². The molecule has 110 valence electrons. The highest BCUT2D eigenvalue weighted by Gasteiger charge is 2.21. The van der Waals surface area contributed by atoms with E-state index in [0.29, 0.717) is 4.47 Å². The van der Waals surface area contributed by atoms with Crippen LogP contribution in [0.3, 0.4) is 0 Å². The maximum atomic E-state index is 12.2. The van der Waals surface area contributed by atoms with Crippen LogP contribution in [0.1, 0.15) is 27.8 Å². The number of pyridine rings is 1. The van der Waals surface area contributed by atoms with Gasteiger partial charge in [0.25, 0.3) is 5.91 Å². The Morgan fingerprint density at radius 1 is 1.52 bits per heavy atom. The maximum absolute atomic E-state index is 12.2. The van der Waals surface area contributed by atoms with E-state index in [2.05, 4.69) is 35.8 Å². The lowest BCUT2D eigenvalue weighted by Gasteiger charge is -2.05. The predicted octanol–water partition coefficient (Wildman–Crippen LogP) is 2.78. The van der Waals surface area contributed by atoms with Crippen molar-refractivity contribution in [1.29, 1.82) is 0 Å². The number of carbonyl (C=O) groups excluding carboxylic acids is 2. The molecule has 2 rings (SSSR count). The molecule has 0 spiro atoms. The fourth-order valence-corrected chi connectivity index (χ4v) is 2.43. The summed E-state index contributed by atoms with van der Waals surface area (Å²) in [7, 11) is 0. The molecule has 0 aliphatic heterocycles. The van der Waals surface area contributed by atoms with Crippen LogP contribution in [-0.4, -0.2) is 33.1 Å². The van der Waals surface area contributed by atoms with E-state index in [0.717, 1.165) is 11.5 Å². The molecule has 1 amide bonds. The van der Waals surface area contributed by atoms with Gasteiger partial charge in [-0.05, 0) is 28.9 Å². The highest BCUT2D eigenvalue weighted by atomic mass is 79.9. The van der Waals surface area contributed by atoms with Crippen LogP contribution in [-0.2, 0) is 4.74 Å². The average molecular weight is 392 g/mol. The van der Waals surface area contributed by atoms with Crippen LogP contribution in [0.4, 0.5) is 5.00 Å². The Hall–Kier alpha value is -1.58. The van der Waals surface area contributed by atoms with Crippen molar-refractivity contribution < 1.29 is 14.3 Å². The van der Waals surface area contributed by atoms with E-state index in [-0.39, 0.29) is 28.0 Å². The number of nitrogens with zero attached hydrogens (tertiary/aromatic N) is 3. The number of amides is 1. The zero-order valence-corrected chi connectivity index (χ0v) is 13.8. The Morgan fingerprint density at radius 2 is 2.29 bits per heavy atom. The van der Waals surface area contributed by atoms with Gasteiger partial charge in [-0.15, -0.1) is 5.10 Å². The van der Waals surface area contributed by atoms with Crippen LogP contribution >= 0.6 is 39.1 Å². The van der Waals surface area contributed by atoms with E-state index in [1.807, 2.05) is 0 Å². The second-order valence-electron chi connectivity index (χ2n) is 3.62. The van der Waals surface area contributed by atoms with Crippen LogP contribution in [0.2, 0.25) is 5.15 Å². The molecule has 1 N–H and O–H groups in total. The quantitative estimate of drug-likeness (QED) is 0.636. The first-order chi connectivity index (χ1) is 10.0. The molecule has 2 aromatic heterocycles. The second kappa shape index (κ2) is 6.92. The number of halogens is 2. The van der Waals surface area contributed by atoms with Gasteiger partial charge in [-0.25, -0.2) is 9.78 Å². The van der Waals surface area contributed by atoms with Crippen molar-refractivity contribution in [2.45, 2.75) is 6.92 Å². The van der Waals surface area contributed by atoms with Gasteiger partial charge < -0.3 is 10.1 Å². The summed E-state index contributed by atoms with van der Waals surface area (Å²) in [6.45, 7) is 1.87. The lowest BCUT2D eigenvalue weighted by molar-refractivity contribution is 0.0520. The number of esters is 1. The third-order valence-electron chi connectivity index (χ3n) is 2.23. The molecule has 0 bridgehead atoms. The van der Waals surface area contributed by atoms with Gasteiger partial charge in [-0.3, -0.25) is 4.79 Å². The van der Waals surface area contributed by atoms with E-state index < -0.39 is 11.9 Å². The smallest absolute Gasteiger partial charge is 0.362 e. The minimum atomic E-state index is -0.653. The minimum absolute atomic E-state index is 0.0470. The predicted molar refractivity (Wildman–Crippen MR) is 80.8 cm³/mol. The van der Waals surface area contributed by atoms with E-state index >= 15 is 0 Å². The summed E-state index contributed by atoms with van der Waals surface area (Å²) < 4.78 is 9.06. The Labute approximate surface area is 137 Å². The Morgan fingerprint density at radius 3 is 3.00 bits per heavy atom. The highest BCUT2D eigenvalue weighted by molar-refractivity contribution is 9.10. The van der Waals surface area contributed by atoms with Crippen LogP contribution in [0.5, 0.6) is 0 Å². The molecule has 0 saturated carbocycles. The van der Waals surface area contributed by atoms with E-state index in [1.165, 1.54) is 12.3 Å². The first-order valence-electron chi connectivity index (χ1n) is 5.64. The summed E-state index contributed by atoms with van der Waals surface area (Å²) >= 11 is 9.94. The molecule has 0 saturated heterocycles. The number of aromatic nitrogens is 3. The summed E-state index contributed by atoms with van der Waals surface area (Å²) in [6.07, 6.45) is 1.47. The topological polar surface area (TPSA) is 94.1 Å². The molecule has 0 aromatic carbocycles. The number of nitrogens with one attached hydrogen (secondary N) is 1. The molecule has 0 fully saturated rings. The van der Waals surface area contributed by atoms with Crippen LogP contribution in [0.25, 0.3) is 0 Å². The van der Waals surface area contributed by atoms with E-state index in [1.54, 1.807) is 6.92 Å². The first-order valence-corrected chi connectivity index (χ1v) is 7.59. The highest BCUT2D eigenvalue weighted by Crippen LogP contribution is 2.23. The van der Waals surface area contributed by atoms with Crippen molar-refractivity contribution in [2.75, 3.05) is 11.9 Å². The number of carbonyl (C=O) groups is 2. The minimum Gasteiger partial charge on any atom is -0.461 e. The van der Waals surface area contributed by atoms with Crippen molar-refractivity contribution in [3.63, 3.8) is 0 Å². The van der Waals surface area contributed by atoms with Crippen LogP contribution < -0.4 is 5.32 Å². The summed E-state index contributed by atoms with van der Waals surface area (Å²) in [6, 6.07) is 1.52. The van der Waals surface area contributed by atoms with E-state index in [9.17, 15) is 9.59 Å². The lowest BCUT2D eigenvalue weighted by atomic mass is 10.2. The van der Waals surface area contributed by atoms with Crippen molar-refractivity contribution >= 4 is 55.9 Å². The molecule has 7 nitrogen and oxygen atoms in total. The van der Waals surface area contributed by atoms with Gasteiger partial charge >= 0.3 is 5.97 Å². The SMILES string of the molecule is CCOC(=O)c1nnsc1NC(=O)c1cc(Br)cnc1Cl. The number of rotatable bonds is 4. The summed E-state index contributed by atoms with van der Waals surface area (Å²) in [5, 5.41) is 6.40. The van der Waals surface area contributed by atoms with Gasteiger partial charge in [0.1, 0.15) is 5.15 Å². The number of ether oxygens (including phenoxy) is 1. The van der Waals surface area contributed by atoms with Crippen LogP contribution in [0.15, 0.2) is 16.7 Å². The molecular formula is C11H8BrClN4O3S. The molecule has 0 radical (unpaired) electrons. The lowest BCUT2D eigenvalue weighted by Crippen LogP contribution is -2.15. The second-order valence-corrected chi connectivity index (χ2v) is 5.64. The third kappa shape index (κ3) is 3.74. The van der Waals surface area contributed by atoms with E-state index in [4.69, 9.17) is 16.3 Å². The zero-order chi connectivity index (χ0) is 15.4. The summed E-state index contributed by atoms with van der Waals surface area (Å²) in [4.78, 5) is 27.7. The van der Waals surface area contributed by atoms with Gasteiger partial charge in [0, 0.05) is 22.2 Å². The average Bonchev–Trinajstić information content (AvgIpc) is 2.90. The fourth-order valence-electron chi connectivity index (χ4n) is 1.36. The molecule has 0 unspecified atom stereocenters. The molecule has 2 aromatic rings. The maximum Gasteiger partial charge on any atom is 0.362 e. The third-order valence-corrected chi connectivity index (χ3v) is 3.61. The van der Waals surface area contributed by atoms with Crippen LogP contribution in [0, 0.1) is 0 Å². The Kier molecular flexibility index (Phi) is 5.21. The number of anilines is 1. The van der Waals surface area contributed by atoms with Crippen molar-refractivity contribution in [3.05, 3.63) is 33.1 Å². The molecule has 10 heteroatoms. The molecule has 0 atom stereocenters. The van der Waals surface area contributed by atoms with Crippen molar-refractivity contribution in [1.82, 2.24) is 14.6 Å². The largest absolute Gasteiger partial charge is 0.461 e. The van der Waals surface area contributed by atoms with Gasteiger partial charge in [0.05, 0.1) is 12.2 Å². The molecule has 0 aliphatic carbocycles. The number of hydrogen-bond acceptors (Lipinski definition) is 7. The standard InChI is InChI=1S/C11H8BrClN4O3S/c1-2-20-11(19)7-10(21-17-16-7)15-9(18)6-3-5(12)4-14-8(6)13/h3-4H,2H2,1H3,(H,15,18). The monoisotopic (exact) mass is 390 g/mol. The fraction of sp³-hybridized carbons (Fsp3) is 0.182. The molecule has 2 heterocycles. The number of hydrogen-bond donors (Lipinski definition) is 1. The first kappa shape index (κ1) is 15.8. The normalized spacial score (nSPS) is 10.2. The van der Waals surface area contributed by atoms with Crippen molar-refractivity contribution in [3.8, 4) is 0 Å². The van der Waals surface area contributed by atoms with Gasteiger partial charge in [0.2, 0.25) is 5.69 Å². The summed E-state index contributed by atoms with van der Waals surface area (Å²) in [5.41, 5.74) is 0.114. The molecule has 21 heavy (non-hydrogen) atoms.